The number of nitrogen functional groups attached to an aromatic ring is 1. The highest BCUT2D eigenvalue weighted by molar-refractivity contribution is 7.13. The first kappa shape index (κ1) is 9.11. The minimum atomic E-state index is -0.273. The van der Waals surface area contributed by atoms with Gasteiger partial charge in [-0.3, -0.25) is 0 Å². The van der Waals surface area contributed by atoms with Gasteiger partial charge in [0.15, 0.2) is 5.82 Å². The van der Waals surface area contributed by atoms with Crippen LogP contribution >= 0.6 is 11.3 Å². The molecule has 3 N–H and O–H groups in total. The third-order valence-corrected chi connectivity index (χ3v) is 2.63. The highest BCUT2D eigenvalue weighted by Crippen LogP contribution is 2.27. The quantitative estimate of drug-likeness (QED) is 0.589. The molecule has 0 amide bonds. The van der Waals surface area contributed by atoms with Gasteiger partial charge < -0.3 is 5.43 Å². The number of hydrogen-bond donors (Lipinski definition) is 2. The van der Waals surface area contributed by atoms with Gasteiger partial charge in [0.05, 0.1) is 0 Å². The molecule has 1 aromatic heterocycles. The maximum absolute atomic E-state index is 13.3. The molecule has 0 bridgehead atoms. The molecule has 0 aliphatic heterocycles. The van der Waals surface area contributed by atoms with Crippen LogP contribution in [0.4, 0.5) is 10.2 Å². The van der Waals surface area contributed by atoms with Gasteiger partial charge in [-0.25, -0.2) is 15.2 Å². The van der Waals surface area contributed by atoms with Crippen molar-refractivity contribution < 1.29 is 4.39 Å². The molecule has 0 fully saturated rings. The largest absolute Gasteiger partial charge is 0.308 e. The van der Waals surface area contributed by atoms with Crippen molar-refractivity contribution in [1.82, 2.24) is 4.98 Å². The number of thiazole rings is 1. The van der Waals surface area contributed by atoms with E-state index in [-0.39, 0.29) is 5.82 Å². The van der Waals surface area contributed by atoms with Crippen molar-refractivity contribution in [2.45, 2.75) is 0 Å². The highest BCUT2D eigenvalue weighted by atomic mass is 32.1. The van der Waals surface area contributed by atoms with Crippen molar-refractivity contribution in [3.63, 3.8) is 0 Å². The zero-order valence-corrected chi connectivity index (χ0v) is 8.01. The van der Waals surface area contributed by atoms with E-state index in [2.05, 4.69) is 10.4 Å². The van der Waals surface area contributed by atoms with E-state index in [9.17, 15) is 4.39 Å². The Kier molecular flexibility index (Phi) is 2.43. The van der Waals surface area contributed by atoms with E-state index in [0.29, 0.717) is 16.4 Å². The summed E-state index contributed by atoms with van der Waals surface area (Å²) in [6.45, 7) is 0. The van der Waals surface area contributed by atoms with Gasteiger partial charge >= 0.3 is 0 Å². The average molecular weight is 209 g/mol. The van der Waals surface area contributed by atoms with Crippen LogP contribution in [0.25, 0.3) is 10.6 Å². The normalized spacial score (nSPS) is 10.1. The monoisotopic (exact) mass is 209 g/mol. The van der Waals surface area contributed by atoms with Crippen LogP contribution in [0, 0.1) is 5.82 Å². The maximum Gasteiger partial charge on any atom is 0.151 e. The van der Waals surface area contributed by atoms with Gasteiger partial charge in [0.25, 0.3) is 0 Å². The molecule has 0 radical (unpaired) electrons. The van der Waals surface area contributed by atoms with Crippen LogP contribution in [-0.2, 0) is 0 Å². The Morgan fingerprint density at radius 1 is 1.36 bits per heavy atom. The van der Waals surface area contributed by atoms with E-state index in [1.807, 2.05) is 0 Å². The van der Waals surface area contributed by atoms with Gasteiger partial charge in [-0.15, -0.1) is 11.3 Å². The van der Waals surface area contributed by atoms with Gasteiger partial charge in [-0.1, -0.05) is 12.1 Å². The molecular weight excluding hydrogens is 201 g/mol. The van der Waals surface area contributed by atoms with E-state index in [0.717, 1.165) is 0 Å². The zero-order chi connectivity index (χ0) is 9.97. The summed E-state index contributed by atoms with van der Waals surface area (Å²) in [7, 11) is 0. The summed E-state index contributed by atoms with van der Waals surface area (Å²) in [5, 5.41) is 2.36. The second-order valence-electron chi connectivity index (χ2n) is 2.66. The lowest BCUT2D eigenvalue weighted by Gasteiger charge is -1.96. The summed E-state index contributed by atoms with van der Waals surface area (Å²) in [5.41, 5.74) is 2.91. The predicted octanol–water partition coefficient (Wildman–Crippen LogP) is 2.23. The summed E-state index contributed by atoms with van der Waals surface area (Å²) in [4.78, 5) is 4.10. The molecule has 2 rings (SSSR count). The van der Waals surface area contributed by atoms with Crippen molar-refractivity contribution in [3.8, 4) is 10.6 Å². The third kappa shape index (κ3) is 1.59. The van der Waals surface area contributed by atoms with E-state index in [4.69, 9.17) is 5.84 Å². The van der Waals surface area contributed by atoms with Crippen molar-refractivity contribution in [3.05, 3.63) is 35.5 Å². The molecule has 0 spiro atoms. The lowest BCUT2D eigenvalue weighted by molar-refractivity contribution is 0.631. The van der Waals surface area contributed by atoms with Crippen LogP contribution in [0.3, 0.4) is 0 Å². The molecule has 3 nitrogen and oxygen atoms in total. The molecular formula is C9H8FN3S. The van der Waals surface area contributed by atoms with Crippen LogP contribution in [0.2, 0.25) is 0 Å². The summed E-state index contributed by atoms with van der Waals surface area (Å²) >= 11 is 1.35. The number of benzene rings is 1. The lowest BCUT2D eigenvalue weighted by Crippen LogP contribution is -2.06. The molecule has 0 atom stereocenters. The molecule has 1 heterocycles. The molecule has 72 valence electrons. The molecule has 0 aliphatic rings. The molecule has 1 aromatic carbocycles. The maximum atomic E-state index is 13.3. The molecule has 14 heavy (non-hydrogen) atoms. The topological polar surface area (TPSA) is 50.9 Å². The highest BCUT2D eigenvalue weighted by Gasteiger charge is 2.07. The Balaban J connectivity index is 2.44. The summed E-state index contributed by atoms with van der Waals surface area (Å²) in [6, 6.07) is 6.52. The number of rotatable bonds is 2. The molecule has 0 saturated carbocycles. The Labute approximate surface area is 84.4 Å². The van der Waals surface area contributed by atoms with Gasteiger partial charge in [-0.05, 0) is 12.1 Å². The lowest BCUT2D eigenvalue weighted by atomic mass is 10.2. The fraction of sp³-hybridized carbons (Fsp3) is 0. The van der Waals surface area contributed by atoms with E-state index >= 15 is 0 Å². The molecule has 0 aliphatic carbocycles. The summed E-state index contributed by atoms with van der Waals surface area (Å²) in [6.07, 6.45) is 0. The van der Waals surface area contributed by atoms with E-state index < -0.39 is 0 Å². The minimum Gasteiger partial charge on any atom is -0.308 e. The van der Waals surface area contributed by atoms with E-state index in [1.165, 1.54) is 17.4 Å². The molecule has 2 aromatic rings. The average Bonchev–Trinajstić information content (AvgIpc) is 2.67. The minimum absolute atomic E-state index is 0.273. The summed E-state index contributed by atoms with van der Waals surface area (Å²) < 4.78 is 13.3. The number of nitrogens with two attached hydrogens (primary N) is 1. The van der Waals surface area contributed by atoms with Crippen molar-refractivity contribution in [2.24, 2.45) is 5.84 Å². The molecule has 0 saturated heterocycles. The van der Waals surface area contributed by atoms with E-state index in [1.54, 1.807) is 23.6 Å². The Hall–Kier alpha value is -1.46. The first-order valence-electron chi connectivity index (χ1n) is 3.98. The standard InChI is InChI=1S/C9H8FN3S/c10-7-4-2-1-3-6(7)9-12-8(13-11)5-14-9/h1-5,13H,11H2. The van der Waals surface area contributed by atoms with Crippen LogP contribution in [0.15, 0.2) is 29.6 Å². The van der Waals surface area contributed by atoms with Gasteiger partial charge in [-0.2, -0.15) is 0 Å². The zero-order valence-electron chi connectivity index (χ0n) is 7.20. The van der Waals surface area contributed by atoms with Crippen molar-refractivity contribution in [2.75, 3.05) is 5.43 Å². The van der Waals surface area contributed by atoms with Crippen LogP contribution in [0.1, 0.15) is 0 Å². The Bertz CT molecular complexity index is 441. The van der Waals surface area contributed by atoms with Gasteiger partial charge in [0, 0.05) is 10.9 Å². The van der Waals surface area contributed by atoms with Gasteiger partial charge in [0.1, 0.15) is 10.8 Å². The van der Waals surface area contributed by atoms with Crippen LogP contribution < -0.4 is 11.3 Å². The number of halogens is 1. The second kappa shape index (κ2) is 3.73. The first-order valence-corrected chi connectivity index (χ1v) is 4.86. The molecule has 0 unspecified atom stereocenters. The van der Waals surface area contributed by atoms with Crippen molar-refractivity contribution in [1.29, 1.82) is 0 Å². The fourth-order valence-electron chi connectivity index (χ4n) is 1.10. The summed E-state index contributed by atoms with van der Waals surface area (Å²) in [5.74, 6) is 5.46. The SMILES string of the molecule is NNc1csc(-c2ccccc2F)n1. The number of hydrazine groups is 1. The van der Waals surface area contributed by atoms with Crippen LogP contribution in [-0.4, -0.2) is 4.98 Å². The Morgan fingerprint density at radius 2 is 2.14 bits per heavy atom. The third-order valence-electron chi connectivity index (χ3n) is 1.76. The molecule has 5 heteroatoms. The number of nitrogens with one attached hydrogen (secondary N) is 1. The van der Waals surface area contributed by atoms with Gasteiger partial charge in [0.2, 0.25) is 0 Å². The fourth-order valence-corrected chi connectivity index (χ4v) is 1.89. The Morgan fingerprint density at radius 3 is 2.79 bits per heavy atom. The van der Waals surface area contributed by atoms with Crippen molar-refractivity contribution >= 4 is 17.2 Å². The number of aromatic nitrogens is 1. The number of anilines is 1. The van der Waals surface area contributed by atoms with Crippen LogP contribution in [0.5, 0.6) is 0 Å². The number of hydrogen-bond acceptors (Lipinski definition) is 4. The first-order chi connectivity index (χ1) is 6.81. The second-order valence-corrected chi connectivity index (χ2v) is 3.52. The smallest absolute Gasteiger partial charge is 0.151 e. The predicted molar refractivity (Wildman–Crippen MR) is 55.3 cm³/mol. The number of nitrogens with zero attached hydrogens (tertiary/aromatic N) is 1.